The molecule has 0 aliphatic rings. The van der Waals surface area contributed by atoms with Crippen LogP contribution < -0.4 is 0 Å². The Bertz CT molecular complexity index is 58.8. The van der Waals surface area contributed by atoms with E-state index in [9.17, 15) is 2.73 Å². The molecule has 0 aliphatic carbocycles. The number of carbonyl (C=O) groups is 1. The molecule has 0 atom stereocenters. The summed E-state index contributed by atoms with van der Waals surface area (Å²) >= 11 is -5.16. The molecular formula is CH2CeF3O3. The van der Waals surface area contributed by atoms with E-state index in [1.165, 1.54) is 0 Å². The van der Waals surface area contributed by atoms with E-state index in [0.717, 1.165) is 0 Å². The zero-order chi connectivity index (χ0) is 7.15. The zero-order valence-electron chi connectivity index (χ0n) is 3.44. The first-order chi connectivity index (χ1) is 3.46. The third kappa shape index (κ3) is 998. The Balaban J connectivity index is 0. The van der Waals surface area contributed by atoms with Crippen molar-refractivity contribution in [2.75, 3.05) is 0 Å². The summed E-state index contributed by atoms with van der Waals surface area (Å²) in [5, 5.41) is 13.9. The van der Waals surface area contributed by atoms with Crippen molar-refractivity contribution in [3.05, 3.63) is 0 Å². The van der Waals surface area contributed by atoms with Crippen LogP contribution in [0.5, 0.6) is 0 Å². The summed E-state index contributed by atoms with van der Waals surface area (Å²) in [5.74, 6) is 0. The molecule has 0 saturated heterocycles. The SMILES string of the molecule is O=C(O)O.[F][Ce]([F])[F]. The Hall–Kier alpha value is 0.437. The van der Waals surface area contributed by atoms with Crippen LogP contribution in [-0.2, 0) is 0 Å². The van der Waals surface area contributed by atoms with Crippen molar-refractivity contribution in [2.24, 2.45) is 0 Å². The molecule has 0 aliphatic heterocycles. The van der Waals surface area contributed by atoms with E-state index in [2.05, 4.69) is 0 Å². The monoisotopic (exact) mass is 259 g/mol. The molecule has 49 valence electrons. The molecule has 0 amide bonds. The standard InChI is InChI=1S/CH2O3.Ce.3FH/c2-1(3)4;;;;/h(H2,2,3,4);;3*1H/q;+3;;;/p-3. The number of rotatable bonds is 0. The molecule has 0 aromatic rings. The van der Waals surface area contributed by atoms with Gasteiger partial charge in [-0.1, -0.05) is 0 Å². The fourth-order valence-corrected chi connectivity index (χ4v) is 0. The minimum absolute atomic E-state index is 1.83. The van der Waals surface area contributed by atoms with Crippen molar-refractivity contribution in [3.63, 3.8) is 0 Å². The molecule has 8 heavy (non-hydrogen) atoms. The van der Waals surface area contributed by atoms with Gasteiger partial charge in [0.05, 0.1) is 0 Å². The van der Waals surface area contributed by atoms with Crippen LogP contribution in [0.2, 0.25) is 0 Å². The first kappa shape index (κ1) is 11.3. The first-order valence-corrected chi connectivity index (χ1v) is 4.78. The normalized spacial score (nSPS) is 6.38. The predicted octanol–water partition coefficient (Wildman–Crippen LogP) is 1.48. The van der Waals surface area contributed by atoms with Crippen LogP contribution in [0.15, 0.2) is 0 Å². The molecule has 0 fully saturated rings. The van der Waals surface area contributed by atoms with E-state index in [1.54, 1.807) is 0 Å². The summed E-state index contributed by atoms with van der Waals surface area (Å²) in [7, 11) is 0. The van der Waals surface area contributed by atoms with Gasteiger partial charge in [-0.15, -0.1) is 0 Å². The van der Waals surface area contributed by atoms with Crippen LogP contribution >= 0.6 is 0 Å². The maximum absolute atomic E-state index is 9.88. The van der Waals surface area contributed by atoms with Gasteiger partial charge in [-0.05, 0) is 0 Å². The molecule has 0 radical (unpaired) electrons. The van der Waals surface area contributed by atoms with Gasteiger partial charge in [-0.2, -0.15) is 0 Å². The van der Waals surface area contributed by atoms with Gasteiger partial charge in [0.15, 0.2) is 0 Å². The second kappa shape index (κ2) is 7.44. The van der Waals surface area contributed by atoms with E-state index in [4.69, 9.17) is 15.0 Å². The molecule has 0 heterocycles. The van der Waals surface area contributed by atoms with E-state index < -0.39 is 44.1 Å². The number of halogens is 3. The topological polar surface area (TPSA) is 57.5 Å². The predicted molar refractivity (Wildman–Crippen MR) is 14.0 cm³/mol. The summed E-state index contributed by atoms with van der Waals surface area (Å²) in [6, 6.07) is 0. The van der Waals surface area contributed by atoms with Crippen LogP contribution in [0.1, 0.15) is 0 Å². The van der Waals surface area contributed by atoms with Crippen LogP contribution in [0, 0.1) is 37.9 Å². The molecule has 0 saturated carbocycles. The van der Waals surface area contributed by atoms with Gasteiger partial charge < -0.3 is 10.2 Å². The van der Waals surface area contributed by atoms with Gasteiger partial charge in [-0.25, -0.2) is 4.79 Å². The van der Waals surface area contributed by atoms with E-state index in [-0.39, 0.29) is 0 Å². The first-order valence-electron chi connectivity index (χ1n) is 1.22. The number of carboxylic acid groups (broad SMARTS) is 2. The Labute approximate surface area is 61.4 Å². The number of hydrogen-bond donors (Lipinski definition) is 2. The van der Waals surface area contributed by atoms with E-state index >= 15 is 0 Å². The van der Waals surface area contributed by atoms with E-state index in [0.29, 0.717) is 0 Å². The maximum atomic E-state index is 9.88. The van der Waals surface area contributed by atoms with Gasteiger partial charge in [0.25, 0.3) is 0 Å². The summed E-state index contributed by atoms with van der Waals surface area (Å²) in [5.41, 5.74) is 0. The van der Waals surface area contributed by atoms with Gasteiger partial charge in [0, 0.05) is 0 Å². The molecule has 3 nitrogen and oxygen atoms in total. The second-order valence-corrected chi connectivity index (χ2v) is 1.84. The summed E-state index contributed by atoms with van der Waals surface area (Å²) < 4.78 is 29.6. The van der Waals surface area contributed by atoms with Gasteiger partial charge in [0.2, 0.25) is 0 Å². The number of hydrogen-bond acceptors (Lipinski definition) is 1. The van der Waals surface area contributed by atoms with Crippen molar-refractivity contribution < 1.29 is 55.7 Å². The molecule has 0 spiro atoms. The van der Waals surface area contributed by atoms with Crippen LogP contribution in [0.3, 0.4) is 0 Å². The summed E-state index contributed by atoms with van der Waals surface area (Å²) in [6.07, 6.45) is -1.83. The zero-order valence-corrected chi connectivity index (χ0v) is 6.58. The molecule has 0 bridgehead atoms. The molecule has 7 heteroatoms. The van der Waals surface area contributed by atoms with Crippen molar-refractivity contribution in [2.45, 2.75) is 0 Å². The summed E-state index contributed by atoms with van der Waals surface area (Å²) in [4.78, 5) is 8.56. The van der Waals surface area contributed by atoms with Gasteiger partial charge in [-0.3, -0.25) is 0 Å². The van der Waals surface area contributed by atoms with Crippen molar-refractivity contribution in [3.8, 4) is 0 Å². The second-order valence-electron chi connectivity index (χ2n) is 0.497. The molecule has 0 aromatic carbocycles. The van der Waals surface area contributed by atoms with Crippen LogP contribution in [0.4, 0.5) is 7.52 Å². The Kier molecular flexibility index (Phi) is 10.5. The van der Waals surface area contributed by atoms with Crippen LogP contribution in [-0.4, -0.2) is 16.4 Å². The average molecular weight is 259 g/mol. The van der Waals surface area contributed by atoms with Crippen molar-refractivity contribution >= 4 is 6.16 Å². The molecular weight excluding hydrogens is 257 g/mol. The summed E-state index contributed by atoms with van der Waals surface area (Å²) in [6.45, 7) is 0. The Morgan fingerprint density at radius 1 is 1.25 bits per heavy atom. The fraction of sp³-hybridized carbons (Fsp3) is 0. The Morgan fingerprint density at radius 2 is 1.25 bits per heavy atom. The molecule has 0 aromatic heterocycles. The average Bonchev–Trinajstić information content (AvgIpc) is 1.25. The third-order valence-corrected chi connectivity index (χ3v) is 0. The van der Waals surface area contributed by atoms with Crippen LogP contribution in [0.25, 0.3) is 0 Å². The fourth-order valence-electron chi connectivity index (χ4n) is 0. The van der Waals surface area contributed by atoms with Gasteiger partial charge >= 0.3 is 46.8 Å². The quantitative estimate of drug-likeness (QED) is 0.692. The Morgan fingerprint density at radius 3 is 1.25 bits per heavy atom. The molecule has 0 rings (SSSR count). The van der Waals surface area contributed by atoms with Crippen molar-refractivity contribution in [1.29, 1.82) is 0 Å². The van der Waals surface area contributed by atoms with Gasteiger partial charge in [0.1, 0.15) is 0 Å². The molecule has 2 N–H and O–H groups in total. The minimum atomic E-state index is -5.16. The van der Waals surface area contributed by atoms with Crippen molar-refractivity contribution in [1.82, 2.24) is 0 Å². The molecule has 0 unspecified atom stereocenters. The third-order valence-electron chi connectivity index (χ3n) is 0. The van der Waals surface area contributed by atoms with E-state index in [1.807, 2.05) is 0 Å².